The Labute approximate surface area is 124 Å². The van der Waals surface area contributed by atoms with Crippen LogP contribution in [0.4, 0.5) is 0 Å². The van der Waals surface area contributed by atoms with Crippen molar-refractivity contribution in [3.8, 4) is 0 Å². The lowest BCUT2D eigenvalue weighted by atomic mass is 10.1. The van der Waals surface area contributed by atoms with E-state index in [1.807, 2.05) is 22.7 Å². The molecule has 1 atom stereocenters. The molecule has 0 aliphatic carbocycles. The van der Waals surface area contributed by atoms with Crippen molar-refractivity contribution in [2.24, 2.45) is 0 Å². The maximum absolute atomic E-state index is 3.58. The van der Waals surface area contributed by atoms with Crippen molar-refractivity contribution in [1.29, 1.82) is 0 Å². The van der Waals surface area contributed by atoms with Crippen LogP contribution in [0.5, 0.6) is 0 Å². The van der Waals surface area contributed by atoms with E-state index in [-0.39, 0.29) is 0 Å². The van der Waals surface area contributed by atoms with Crippen LogP contribution in [0.3, 0.4) is 0 Å². The maximum atomic E-state index is 3.58. The highest BCUT2D eigenvalue weighted by Crippen LogP contribution is 2.37. The average molecular weight is 343 g/mol. The lowest BCUT2D eigenvalue weighted by Crippen LogP contribution is -2.45. The van der Waals surface area contributed by atoms with Crippen LogP contribution in [0.2, 0.25) is 0 Å². The summed E-state index contributed by atoms with van der Waals surface area (Å²) in [5, 5.41) is 5.60. The monoisotopic (exact) mass is 342 g/mol. The summed E-state index contributed by atoms with van der Waals surface area (Å²) in [6.07, 6.45) is 0. The van der Waals surface area contributed by atoms with E-state index in [9.17, 15) is 0 Å². The lowest BCUT2D eigenvalue weighted by Gasteiger charge is -2.33. The third-order valence-corrected chi connectivity index (χ3v) is 5.79. The van der Waals surface area contributed by atoms with Gasteiger partial charge in [-0.3, -0.25) is 4.90 Å². The number of thiophene rings is 2. The number of piperazine rings is 1. The second-order valence-corrected chi connectivity index (χ2v) is 7.82. The molecule has 1 aliphatic heterocycles. The number of halogens is 1. The molecule has 1 N–H and O–H groups in total. The maximum Gasteiger partial charge on any atom is 0.0791 e. The van der Waals surface area contributed by atoms with Gasteiger partial charge in [-0.05, 0) is 39.5 Å². The Morgan fingerprint density at radius 2 is 2.00 bits per heavy atom. The average Bonchev–Trinajstić information content (AvgIpc) is 3.04. The molecule has 96 valence electrons. The summed E-state index contributed by atoms with van der Waals surface area (Å²) in [6.45, 7) is 4.43. The van der Waals surface area contributed by atoms with Gasteiger partial charge in [-0.1, -0.05) is 6.07 Å². The summed E-state index contributed by atoms with van der Waals surface area (Å²) in [5.41, 5.74) is 0. The molecule has 3 heterocycles. The minimum Gasteiger partial charge on any atom is -0.314 e. The minimum absolute atomic E-state index is 0.434. The Balaban J connectivity index is 1.92. The molecule has 2 nitrogen and oxygen atoms in total. The normalized spacial score (nSPS) is 18.9. The first-order valence-electron chi connectivity index (χ1n) is 6.08. The minimum atomic E-state index is 0.434. The molecule has 2 aromatic heterocycles. The number of hydrogen-bond donors (Lipinski definition) is 1. The van der Waals surface area contributed by atoms with Crippen molar-refractivity contribution in [2.75, 3.05) is 26.2 Å². The second kappa shape index (κ2) is 5.84. The summed E-state index contributed by atoms with van der Waals surface area (Å²) in [5.74, 6) is 0. The Morgan fingerprint density at radius 3 is 2.61 bits per heavy atom. The van der Waals surface area contributed by atoms with E-state index in [1.54, 1.807) is 0 Å². The van der Waals surface area contributed by atoms with Gasteiger partial charge in [0.05, 0.1) is 9.83 Å². The van der Waals surface area contributed by atoms with E-state index >= 15 is 0 Å². The van der Waals surface area contributed by atoms with E-state index in [0.717, 1.165) is 26.2 Å². The van der Waals surface area contributed by atoms with Gasteiger partial charge in [-0.15, -0.1) is 22.7 Å². The van der Waals surface area contributed by atoms with E-state index < -0.39 is 0 Å². The SMILES string of the molecule is Brc1ccc([C@@H](c2cccs2)N2CCNCC2)s1. The number of nitrogens with zero attached hydrogens (tertiary/aromatic N) is 1. The molecule has 18 heavy (non-hydrogen) atoms. The van der Waals surface area contributed by atoms with Crippen molar-refractivity contribution < 1.29 is 0 Å². The van der Waals surface area contributed by atoms with Crippen LogP contribution < -0.4 is 5.32 Å². The number of nitrogens with one attached hydrogen (secondary N) is 1. The van der Waals surface area contributed by atoms with Gasteiger partial charge in [0, 0.05) is 35.9 Å². The molecule has 1 fully saturated rings. The molecule has 1 saturated heterocycles. The van der Waals surface area contributed by atoms with Crippen molar-refractivity contribution >= 4 is 38.6 Å². The summed E-state index contributed by atoms with van der Waals surface area (Å²) < 4.78 is 1.22. The first-order chi connectivity index (χ1) is 8.84. The molecule has 0 bridgehead atoms. The van der Waals surface area contributed by atoms with E-state index in [1.165, 1.54) is 13.5 Å². The second-order valence-electron chi connectivity index (χ2n) is 4.35. The Bertz CT molecular complexity index is 489. The van der Waals surface area contributed by atoms with Gasteiger partial charge in [-0.2, -0.15) is 0 Å². The zero-order valence-corrected chi connectivity index (χ0v) is 13.2. The Hall–Kier alpha value is -0.200. The highest BCUT2D eigenvalue weighted by Gasteiger charge is 2.25. The molecule has 0 saturated carbocycles. The summed E-state index contributed by atoms with van der Waals surface area (Å²) in [7, 11) is 0. The first-order valence-corrected chi connectivity index (χ1v) is 8.57. The van der Waals surface area contributed by atoms with Crippen molar-refractivity contribution in [3.05, 3.63) is 43.2 Å². The third-order valence-electron chi connectivity index (χ3n) is 3.19. The van der Waals surface area contributed by atoms with Gasteiger partial charge < -0.3 is 5.32 Å². The predicted octanol–water partition coefficient (Wildman–Crippen LogP) is 3.57. The van der Waals surface area contributed by atoms with E-state index in [4.69, 9.17) is 0 Å². The quantitative estimate of drug-likeness (QED) is 0.917. The molecule has 5 heteroatoms. The van der Waals surface area contributed by atoms with Gasteiger partial charge in [0.1, 0.15) is 0 Å². The Kier molecular flexibility index (Phi) is 4.16. The molecule has 0 unspecified atom stereocenters. The molecule has 0 amide bonds. The molecule has 0 radical (unpaired) electrons. The van der Waals surface area contributed by atoms with Crippen LogP contribution in [0, 0.1) is 0 Å². The van der Waals surface area contributed by atoms with Gasteiger partial charge in [0.15, 0.2) is 0 Å². The van der Waals surface area contributed by atoms with E-state index in [2.05, 4.69) is 55.8 Å². The largest absolute Gasteiger partial charge is 0.314 e. The number of rotatable bonds is 3. The van der Waals surface area contributed by atoms with Crippen LogP contribution >= 0.6 is 38.6 Å². The lowest BCUT2D eigenvalue weighted by molar-refractivity contribution is 0.203. The summed E-state index contributed by atoms with van der Waals surface area (Å²) in [6, 6.07) is 9.25. The van der Waals surface area contributed by atoms with Crippen LogP contribution in [-0.2, 0) is 0 Å². The van der Waals surface area contributed by atoms with Crippen molar-refractivity contribution in [1.82, 2.24) is 10.2 Å². The summed E-state index contributed by atoms with van der Waals surface area (Å²) >= 11 is 7.29. The first kappa shape index (κ1) is 12.8. The van der Waals surface area contributed by atoms with Crippen LogP contribution in [0.25, 0.3) is 0 Å². The van der Waals surface area contributed by atoms with Crippen LogP contribution in [-0.4, -0.2) is 31.1 Å². The summed E-state index contributed by atoms with van der Waals surface area (Å²) in [4.78, 5) is 5.47. The highest BCUT2D eigenvalue weighted by molar-refractivity contribution is 9.11. The molecule has 0 spiro atoms. The standard InChI is InChI=1S/C13H15BrN2S2/c14-12-4-3-11(18-12)13(10-2-1-9-17-10)16-7-5-15-6-8-16/h1-4,9,13,15H,5-8H2/t13-/m1/s1. The fourth-order valence-electron chi connectivity index (χ4n) is 2.36. The topological polar surface area (TPSA) is 15.3 Å². The van der Waals surface area contributed by atoms with Crippen LogP contribution in [0.15, 0.2) is 33.4 Å². The van der Waals surface area contributed by atoms with E-state index in [0.29, 0.717) is 6.04 Å². The van der Waals surface area contributed by atoms with Crippen molar-refractivity contribution in [3.63, 3.8) is 0 Å². The van der Waals surface area contributed by atoms with Gasteiger partial charge in [-0.25, -0.2) is 0 Å². The van der Waals surface area contributed by atoms with Crippen molar-refractivity contribution in [2.45, 2.75) is 6.04 Å². The molecule has 1 aliphatic rings. The third kappa shape index (κ3) is 2.70. The number of hydrogen-bond acceptors (Lipinski definition) is 4. The smallest absolute Gasteiger partial charge is 0.0791 e. The molecule has 3 rings (SSSR count). The Morgan fingerprint density at radius 1 is 1.17 bits per heavy atom. The molecular weight excluding hydrogens is 328 g/mol. The molecular formula is C13H15BrN2S2. The highest BCUT2D eigenvalue weighted by atomic mass is 79.9. The molecule has 2 aromatic rings. The zero-order chi connectivity index (χ0) is 12.4. The van der Waals surface area contributed by atoms with Gasteiger partial charge in [0.25, 0.3) is 0 Å². The predicted molar refractivity (Wildman–Crippen MR) is 82.6 cm³/mol. The zero-order valence-electron chi connectivity index (χ0n) is 9.93. The van der Waals surface area contributed by atoms with Crippen LogP contribution in [0.1, 0.15) is 15.8 Å². The van der Waals surface area contributed by atoms with Gasteiger partial charge >= 0.3 is 0 Å². The fraction of sp³-hybridized carbons (Fsp3) is 0.385. The fourth-order valence-corrected chi connectivity index (χ4v) is 4.89. The van der Waals surface area contributed by atoms with Gasteiger partial charge in [0.2, 0.25) is 0 Å². The molecule has 0 aromatic carbocycles.